The van der Waals surface area contributed by atoms with Gasteiger partial charge in [0, 0.05) is 6.07 Å². The van der Waals surface area contributed by atoms with E-state index in [0.29, 0.717) is 5.76 Å². The summed E-state index contributed by atoms with van der Waals surface area (Å²) in [6.45, 7) is -0.545. The molecular weight excluding hydrogens is 202 g/mol. The summed E-state index contributed by atoms with van der Waals surface area (Å²) in [6.07, 6.45) is 0. The van der Waals surface area contributed by atoms with E-state index in [1.165, 1.54) is 17.4 Å². The summed E-state index contributed by atoms with van der Waals surface area (Å²) >= 11 is 1.50. The van der Waals surface area contributed by atoms with E-state index in [0.717, 1.165) is 4.88 Å². The van der Waals surface area contributed by atoms with Crippen LogP contribution < -0.4 is 0 Å². The van der Waals surface area contributed by atoms with Gasteiger partial charge in [0.25, 0.3) is 0 Å². The minimum Gasteiger partial charge on any atom is -0.388 e. The molecular formula is C9H7NO3S. The molecule has 0 bridgehead atoms. The minimum atomic E-state index is -0.545. The third-order valence-corrected chi connectivity index (χ3v) is 2.59. The lowest BCUT2D eigenvalue weighted by atomic mass is 10.2. The van der Waals surface area contributed by atoms with Gasteiger partial charge in [0.2, 0.25) is 5.78 Å². The quantitative estimate of drug-likeness (QED) is 0.779. The van der Waals surface area contributed by atoms with Gasteiger partial charge in [-0.3, -0.25) is 4.79 Å². The van der Waals surface area contributed by atoms with Crippen LogP contribution in [0.2, 0.25) is 0 Å². The van der Waals surface area contributed by atoms with Crippen molar-refractivity contribution < 1.29 is 14.4 Å². The van der Waals surface area contributed by atoms with E-state index >= 15 is 0 Å². The Morgan fingerprint density at radius 1 is 1.64 bits per heavy atom. The predicted molar refractivity (Wildman–Crippen MR) is 51.2 cm³/mol. The summed E-state index contributed by atoms with van der Waals surface area (Å²) < 4.78 is 4.96. The largest absolute Gasteiger partial charge is 0.388 e. The van der Waals surface area contributed by atoms with Gasteiger partial charge in [-0.1, -0.05) is 11.2 Å². The Morgan fingerprint density at radius 2 is 2.50 bits per heavy atom. The summed E-state index contributed by atoms with van der Waals surface area (Å²) in [7, 11) is 0. The molecule has 0 amide bonds. The molecule has 2 aromatic heterocycles. The number of aromatic nitrogens is 1. The van der Waals surface area contributed by atoms with Crippen molar-refractivity contribution in [2.45, 2.75) is 0 Å². The first-order valence-corrected chi connectivity index (χ1v) is 4.84. The number of hydrogen-bond acceptors (Lipinski definition) is 5. The highest BCUT2D eigenvalue weighted by atomic mass is 32.1. The number of aliphatic hydroxyl groups is 1. The molecule has 0 saturated carbocycles. The lowest BCUT2D eigenvalue weighted by molar-refractivity contribution is 0.0894. The van der Waals surface area contributed by atoms with Gasteiger partial charge in [-0.2, -0.15) is 0 Å². The Hall–Kier alpha value is -1.46. The average Bonchev–Trinajstić information content (AvgIpc) is 2.86. The maximum absolute atomic E-state index is 11.0. The Morgan fingerprint density at radius 3 is 3.14 bits per heavy atom. The van der Waals surface area contributed by atoms with E-state index in [1.54, 1.807) is 0 Å². The summed E-state index contributed by atoms with van der Waals surface area (Å²) in [6, 6.07) is 5.29. The van der Waals surface area contributed by atoms with Crippen molar-refractivity contribution in [2.24, 2.45) is 0 Å². The number of hydrogen-bond donors (Lipinski definition) is 1. The summed E-state index contributed by atoms with van der Waals surface area (Å²) in [5, 5.41) is 14.1. The van der Waals surface area contributed by atoms with Gasteiger partial charge in [-0.15, -0.1) is 11.3 Å². The molecule has 14 heavy (non-hydrogen) atoms. The minimum absolute atomic E-state index is 0.163. The normalized spacial score (nSPS) is 10.4. The molecule has 0 atom stereocenters. The number of carbonyl (C=O) groups is 1. The van der Waals surface area contributed by atoms with Gasteiger partial charge in [0.15, 0.2) is 11.5 Å². The van der Waals surface area contributed by atoms with E-state index in [2.05, 4.69) is 5.16 Å². The van der Waals surface area contributed by atoms with Gasteiger partial charge >= 0.3 is 0 Å². The lowest BCUT2D eigenvalue weighted by Crippen LogP contribution is -2.03. The zero-order valence-corrected chi connectivity index (χ0v) is 7.95. The van der Waals surface area contributed by atoms with E-state index in [4.69, 9.17) is 9.63 Å². The van der Waals surface area contributed by atoms with Crippen LogP contribution in [-0.4, -0.2) is 22.7 Å². The highest BCUT2D eigenvalue weighted by Crippen LogP contribution is 2.25. The molecule has 5 heteroatoms. The molecule has 2 rings (SSSR count). The molecule has 0 spiro atoms. The number of rotatable bonds is 3. The molecule has 2 aromatic rings. The standard InChI is InChI=1S/C9H7NO3S/c11-5-7(12)6-4-8(13-10-6)9-2-1-3-14-9/h1-4,11H,5H2. The Balaban J connectivity index is 2.31. The third kappa shape index (κ3) is 1.59. The molecule has 72 valence electrons. The molecule has 4 nitrogen and oxygen atoms in total. The van der Waals surface area contributed by atoms with Crippen LogP contribution in [-0.2, 0) is 0 Å². The van der Waals surface area contributed by atoms with Crippen molar-refractivity contribution in [1.82, 2.24) is 5.16 Å². The van der Waals surface area contributed by atoms with Crippen molar-refractivity contribution in [3.05, 3.63) is 29.3 Å². The number of ketones is 1. The zero-order chi connectivity index (χ0) is 9.97. The van der Waals surface area contributed by atoms with Crippen LogP contribution in [0.5, 0.6) is 0 Å². The van der Waals surface area contributed by atoms with Crippen molar-refractivity contribution in [3.63, 3.8) is 0 Å². The van der Waals surface area contributed by atoms with Crippen molar-refractivity contribution >= 4 is 17.1 Å². The van der Waals surface area contributed by atoms with Crippen LogP contribution in [0.4, 0.5) is 0 Å². The van der Waals surface area contributed by atoms with Crippen LogP contribution in [0, 0.1) is 0 Å². The second-order valence-electron chi connectivity index (χ2n) is 2.63. The summed E-state index contributed by atoms with van der Waals surface area (Å²) in [4.78, 5) is 11.9. The zero-order valence-electron chi connectivity index (χ0n) is 7.14. The number of thiophene rings is 1. The number of nitrogens with zero attached hydrogens (tertiary/aromatic N) is 1. The van der Waals surface area contributed by atoms with Crippen LogP contribution in [0.1, 0.15) is 10.5 Å². The van der Waals surface area contributed by atoms with E-state index in [9.17, 15) is 4.79 Å². The first kappa shape index (κ1) is 9.11. The van der Waals surface area contributed by atoms with Crippen LogP contribution in [0.3, 0.4) is 0 Å². The molecule has 0 saturated heterocycles. The maximum Gasteiger partial charge on any atom is 0.210 e. The lowest BCUT2D eigenvalue weighted by Gasteiger charge is -1.84. The molecule has 0 radical (unpaired) electrons. The smallest absolute Gasteiger partial charge is 0.210 e. The summed E-state index contributed by atoms with van der Waals surface area (Å²) in [5.41, 5.74) is 0.163. The molecule has 1 N–H and O–H groups in total. The van der Waals surface area contributed by atoms with Crippen LogP contribution >= 0.6 is 11.3 Å². The molecule has 0 aliphatic rings. The highest BCUT2D eigenvalue weighted by molar-refractivity contribution is 7.13. The molecule has 0 aliphatic carbocycles. The van der Waals surface area contributed by atoms with E-state index in [1.807, 2.05) is 17.5 Å². The van der Waals surface area contributed by atoms with Gasteiger partial charge in [-0.25, -0.2) is 0 Å². The summed E-state index contributed by atoms with van der Waals surface area (Å²) in [5.74, 6) is 0.119. The highest BCUT2D eigenvalue weighted by Gasteiger charge is 2.12. The fraction of sp³-hybridized carbons (Fsp3) is 0.111. The fourth-order valence-corrected chi connectivity index (χ4v) is 1.70. The van der Waals surface area contributed by atoms with Crippen LogP contribution in [0.15, 0.2) is 28.1 Å². The fourth-order valence-electron chi connectivity index (χ4n) is 1.02. The topological polar surface area (TPSA) is 63.3 Å². The molecule has 2 heterocycles. The maximum atomic E-state index is 11.0. The Kier molecular flexibility index (Phi) is 2.43. The van der Waals surface area contributed by atoms with Gasteiger partial charge < -0.3 is 9.63 Å². The van der Waals surface area contributed by atoms with Crippen LogP contribution in [0.25, 0.3) is 10.6 Å². The number of Topliss-reactive ketones (excluding diaryl/α,β-unsaturated/α-hetero) is 1. The van der Waals surface area contributed by atoms with Crippen molar-refractivity contribution in [2.75, 3.05) is 6.61 Å². The average molecular weight is 209 g/mol. The first-order valence-electron chi connectivity index (χ1n) is 3.96. The number of carbonyl (C=O) groups excluding carboxylic acids is 1. The van der Waals surface area contributed by atoms with Crippen molar-refractivity contribution in [3.8, 4) is 10.6 Å². The molecule has 0 aliphatic heterocycles. The SMILES string of the molecule is O=C(CO)c1cc(-c2cccs2)on1. The van der Waals surface area contributed by atoms with E-state index in [-0.39, 0.29) is 5.69 Å². The number of aliphatic hydroxyl groups excluding tert-OH is 1. The second kappa shape index (κ2) is 3.73. The van der Waals surface area contributed by atoms with E-state index < -0.39 is 12.4 Å². The van der Waals surface area contributed by atoms with Crippen molar-refractivity contribution in [1.29, 1.82) is 0 Å². The Labute approximate surface area is 83.8 Å². The first-order chi connectivity index (χ1) is 6.81. The predicted octanol–water partition coefficient (Wildman–Crippen LogP) is 1.58. The monoisotopic (exact) mass is 209 g/mol. The van der Waals surface area contributed by atoms with Gasteiger partial charge in [0.1, 0.15) is 6.61 Å². The third-order valence-electron chi connectivity index (χ3n) is 1.70. The molecule has 0 unspecified atom stereocenters. The molecule has 0 fully saturated rings. The molecule has 0 aromatic carbocycles. The van der Waals surface area contributed by atoms with Gasteiger partial charge in [-0.05, 0) is 11.4 Å². The van der Waals surface area contributed by atoms with Gasteiger partial charge in [0.05, 0.1) is 4.88 Å². The second-order valence-corrected chi connectivity index (χ2v) is 3.58. The Bertz CT molecular complexity index is 433.